The van der Waals surface area contributed by atoms with Crippen LogP contribution in [0.1, 0.15) is 168 Å². The van der Waals surface area contributed by atoms with Crippen molar-refractivity contribution in [3.8, 4) is 0 Å². The van der Waals surface area contributed by atoms with Gasteiger partial charge in [0, 0.05) is 13.0 Å². The fraction of sp³-hybridized carbons (Fsp3) is 0.915. The number of amides is 2. The summed E-state index contributed by atoms with van der Waals surface area (Å²) in [7, 11) is 0. The van der Waals surface area contributed by atoms with Crippen LogP contribution in [0.5, 0.6) is 0 Å². The molecule has 15 atom stereocenters. The summed E-state index contributed by atoms with van der Waals surface area (Å²) in [4.78, 5) is 28.5. The highest BCUT2D eigenvalue weighted by Crippen LogP contribution is 2.36. The van der Waals surface area contributed by atoms with Crippen molar-refractivity contribution in [2.75, 3.05) is 19.7 Å². The number of carbonyl (C=O) groups excluding carboxylic acids is 2. The molecule has 20 nitrogen and oxygen atoms in total. The Morgan fingerprint density at radius 3 is 1.63 bits per heavy atom. The molecule has 3 aliphatic rings. The molecular weight excluding hydrogens is 875 g/mol. The molecule has 1 aromatic heterocycles. The molecule has 20 heteroatoms. The standard InChI is InChI=1S/C47H85N5O15/c1-5-7-9-11-13-15-17-19-21-23-25-48-34(54)28-51(35(55)24-22-20-18-16-14-12-10-8-6-2)26-32-27-52(50-49-32)45-44(67-47-41(61)39(59)37(57)31(4)64-47)42(62)43(33(29-53)65-45)66-46-40(60)38(58)36(56)30(3)63-46/h27,30-31,33,36-47,53,56-62H,5-26,28-29H2,1-4H3,(H,48,54)/t30-,31-,33+,36-,37-,38+,39+,40+,41+,42-,43+,44+,45+,46-,47-/m0/s1. The molecule has 3 saturated heterocycles. The van der Waals surface area contributed by atoms with Gasteiger partial charge in [0.15, 0.2) is 18.8 Å². The Bertz CT molecular complexity index is 1530. The number of ether oxygens (including phenoxy) is 5. The van der Waals surface area contributed by atoms with Crippen molar-refractivity contribution in [1.82, 2.24) is 25.2 Å². The third-order valence-corrected chi connectivity index (χ3v) is 13.2. The first-order valence-corrected chi connectivity index (χ1v) is 25.3. The van der Waals surface area contributed by atoms with Gasteiger partial charge in [0.2, 0.25) is 11.8 Å². The van der Waals surface area contributed by atoms with E-state index in [-0.39, 0.29) is 37.0 Å². The minimum absolute atomic E-state index is 0.104. The monoisotopic (exact) mass is 960 g/mol. The molecule has 3 fully saturated rings. The van der Waals surface area contributed by atoms with Crippen LogP contribution in [-0.2, 0) is 39.8 Å². The van der Waals surface area contributed by atoms with Gasteiger partial charge >= 0.3 is 0 Å². The number of hydrogen-bond donors (Lipinski definition) is 9. The molecule has 0 unspecified atom stereocenters. The van der Waals surface area contributed by atoms with Crippen LogP contribution in [0, 0.1) is 0 Å². The van der Waals surface area contributed by atoms with Crippen molar-refractivity contribution in [1.29, 1.82) is 0 Å². The zero-order valence-corrected chi connectivity index (χ0v) is 40.4. The van der Waals surface area contributed by atoms with Crippen LogP contribution in [-0.4, -0.2) is 178 Å². The summed E-state index contributed by atoms with van der Waals surface area (Å²) >= 11 is 0. The van der Waals surface area contributed by atoms with Crippen molar-refractivity contribution < 1.29 is 74.1 Å². The maximum absolute atomic E-state index is 13.8. The van der Waals surface area contributed by atoms with E-state index in [4.69, 9.17) is 23.7 Å². The van der Waals surface area contributed by atoms with Crippen molar-refractivity contribution in [2.45, 2.75) is 255 Å². The van der Waals surface area contributed by atoms with Crippen LogP contribution < -0.4 is 5.32 Å². The first kappa shape index (κ1) is 57.1. The largest absolute Gasteiger partial charge is 0.394 e. The lowest BCUT2D eigenvalue weighted by molar-refractivity contribution is -0.369. The molecule has 0 spiro atoms. The van der Waals surface area contributed by atoms with E-state index >= 15 is 0 Å². The molecule has 0 radical (unpaired) electrons. The predicted molar refractivity (Wildman–Crippen MR) is 244 cm³/mol. The van der Waals surface area contributed by atoms with Crippen molar-refractivity contribution in [2.24, 2.45) is 0 Å². The summed E-state index contributed by atoms with van der Waals surface area (Å²) in [6.07, 6.45) is 0.202. The van der Waals surface area contributed by atoms with E-state index in [0.717, 1.165) is 38.5 Å². The zero-order valence-electron chi connectivity index (χ0n) is 40.4. The van der Waals surface area contributed by atoms with E-state index in [1.807, 2.05) is 0 Å². The lowest BCUT2D eigenvalue weighted by atomic mass is 9.96. The minimum Gasteiger partial charge on any atom is -0.394 e. The third kappa shape index (κ3) is 17.7. The molecule has 9 N–H and O–H groups in total. The second kappa shape index (κ2) is 30.3. The molecule has 2 amide bonds. The summed E-state index contributed by atoms with van der Waals surface area (Å²) in [5, 5.41) is 97.1. The number of carbonyl (C=O) groups is 2. The van der Waals surface area contributed by atoms with Crippen LogP contribution in [0.3, 0.4) is 0 Å². The Balaban J connectivity index is 1.47. The maximum Gasteiger partial charge on any atom is 0.239 e. The Kier molecular flexibility index (Phi) is 25.9. The van der Waals surface area contributed by atoms with E-state index in [0.29, 0.717) is 13.0 Å². The van der Waals surface area contributed by atoms with Gasteiger partial charge in [-0.05, 0) is 26.7 Å². The number of aliphatic hydroxyl groups is 8. The van der Waals surface area contributed by atoms with Crippen LogP contribution >= 0.6 is 0 Å². The van der Waals surface area contributed by atoms with Gasteiger partial charge in [0.25, 0.3) is 0 Å². The lowest BCUT2D eigenvalue weighted by Gasteiger charge is -2.48. The highest BCUT2D eigenvalue weighted by atomic mass is 16.7. The minimum atomic E-state index is -1.80. The van der Waals surface area contributed by atoms with Gasteiger partial charge in [-0.2, -0.15) is 0 Å². The summed E-state index contributed by atoms with van der Waals surface area (Å²) in [5.41, 5.74) is 0.250. The van der Waals surface area contributed by atoms with Gasteiger partial charge in [-0.1, -0.05) is 128 Å². The second-order valence-corrected chi connectivity index (χ2v) is 18.9. The summed E-state index contributed by atoms with van der Waals surface area (Å²) < 4.78 is 30.7. The number of aliphatic hydroxyl groups excluding tert-OH is 8. The Labute approximate surface area is 396 Å². The number of nitrogens with zero attached hydrogens (tertiary/aromatic N) is 4. The topological polar surface area (TPSA) is 288 Å². The number of nitrogens with one attached hydrogen (secondary N) is 1. The SMILES string of the molecule is CCCCCCCCCCCCNC(=O)CN(Cc1cn([C@@H]2O[C@H](CO)[C@@H](O[C@@H]3O[C@@H](C)[C@H](O)[C@@H](O)[C@H]3O)[C@H](O)[C@H]2O[C@@H]2O[C@@H](C)[C@H](O)[C@@H](O)[C@H]2O)nn1)C(=O)CCCCCCCCCCC. The Morgan fingerprint density at radius 2 is 1.12 bits per heavy atom. The molecule has 4 heterocycles. The second-order valence-electron chi connectivity index (χ2n) is 18.9. The normalized spacial score (nSPS) is 32.3. The van der Waals surface area contributed by atoms with Gasteiger partial charge in [-0.15, -0.1) is 5.10 Å². The van der Waals surface area contributed by atoms with Crippen molar-refractivity contribution >= 4 is 11.8 Å². The first-order valence-electron chi connectivity index (χ1n) is 25.3. The molecule has 0 saturated carbocycles. The van der Waals surface area contributed by atoms with Crippen LogP contribution in [0.25, 0.3) is 0 Å². The molecular formula is C47H85N5O15. The summed E-state index contributed by atoms with van der Waals surface area (Å²) in [6, 6.07) is 0. The van der Waals surface area contributed by atoms with Crippen LogP contribution in [0.2, 0.25) is 0 Å². The summed E-state index contributed by atoms with van der Waals surface area (Å²) in [6.45, 7) is 6.72. The molecule has 4 rings (SSSR count). The Hall–Kier alpha value is -2.44. The molecule has 0 bridgehead atoms. The molecule has 0 aromatic carbocycles. The van der Waals surface area contributed by atoms with Crippen LogP contribution in [0.15, 0.2) is 6.20 Å². The van der Waals surface area contributed by atoms with Crippen molar-refractivity contribution in [3.63, 3.8) is 0 Å². The number of unbranched alkanes of at least 4 members (excludes halogenated alkanes) is 17. The lowest BCUT2D eigenvalue weighted by Crippen LogP contribution is -2.65. The average molecular weight is 960 g/mol. The zero-order chi connectivity index (χ0) is 48.9. The smallest absolute Gasteiger partial charge is 0.239 e. The van der Waals surface area contributed by atoms with Gasteiger partial charge in [-0.25, -0.2) is 4.68 Å². The van der Waals surface area contributed by atoms with E-state index in [2.05, 4.69) is 29.5 Å². The number of hydrogen-bond acceptors (Lipinski definition) is 17. The fourth-order valence-corrected chi connectivity index (χ4v) is 8.90. The quantitative estimate of drug-likeness (QED) is 0.0483. The molecule has 388 valence electrons. The van der Waals surface area contributed by atoms with Crippen molar-refractivity contribution in [3.05, 3.63) is 11.9 Å². The van der Waals surface area contributed by atoms with E-state index < -0.39 is 98.7 Å². The van der Waals surface area contributed by atoms with Gasteiger partial charge in [0.05, 0.1) is 38.1 Å². The van der Waals surface area contributed by atoms with Gasteiger partial charge < -0.3 is 74.8 Å². The van der Waals surface area contributed by atoms with E-state index in [1.54, 1.807) is 0 Å². The molecule has 0 aliphatic carbocycles. The van der Waals surface area contributed by atoms with Crippen LogP contribution in [0.4, 0.5) is 0 Å². The van der Waals surface area contributed by atoms with Gasteiger partial charge in [-0.3, -0.25) is 9.59 Å². The van der Waals surface area contributed by atoms with Gasteiger partial charge in [0.1, 0.15) is 66.7 Å². The number of rotatable bonds is 31. The highest BCUT2D eigenvalue weighted by Gasteiger charge is 2.54. The first-order chi connectivity index (χ1) is 32.2. The third-order valence-electron chi connectivity index (χ3n) is 13.2. The average Bonchev–Trinajstić information content (AvgIpc) is 3.78. The van der Waals surface area contributed by atoms with E-state index in [9.17, 15) is 50.4 Å². The number of aromatic nitrogens is 3. The maximum atomic E-state index is 13.8. The highest BCUT2D eigenvalue weighted by molar-refractivity contribution is 5.84. The predicted octanol–water partition coefficient (Wildman–Crippen LogP) is 2.24. The molecule has 1 aromatic rings. The van der Waals surface area contributed by atoms with E-state index in [1.165, 1.54) is 107 Å². The molecule has 67 heavy (non-hydrogen) atoms. The summed E-state index contributed by atoms with van der Waals surface area (Å²) in [5.74, 6) is -0.529. The fourth-order valence-electron chi connectivity index (χ4n) is 8.90. The Morgan fingerprint density at radius 1 is 0.642 bits per heavy atom. The molecule has 3 aliphatic heterocycles.